The Kier molecular flexibility index (Phi) is 6.96. The molecule has 0 aromatic carbocycles. The maximum absolute atomic E-state index is 11.5. The summed E-state index contributed by atoms with van der Waals surface area (Å²) in [6.07, 6.45) is -0.699. The van der Waals surface area contributed by atoms with Crippen LogP contribution in [0.25, 0.3) is 9.40 Å². The molecule has 3 unspecified atom stereocenters. The maximum Gasteiger partial charge on any atom is 0.247 e. The van der Waals surface area contributed by atoms with Crippen molar-refractivity contribution in [2.24, 2.45) is 5.14 Å². The van der Waals surface area contributed by atoms with Gasteiger partial charge in [0, 0.05) is 31.0 Å². The van der Waals surface area contributed by atoms with Crippen LogP contribution in [0.3, 0.4) is 0 Å². The molecule has 0 fully saturated rings. The van der Waals surface area contributed by atoms with Crippen molar-refractivity contribution < 1.29 is 22.6 Å². The molecule has 0 spiro atoms. The van der Waals surface area contributed by atoms with Crippen molar-refractivity contribution >= 4 is 42.1 Å². The van der Waals surface area contributed by atoms with Gasteiger partial charge in [0.25, 0.3) is 0 Å². The zero-order chi connectivity index (χ0) is 18.8. The van der Waals surface area contributed by atoms with Crippen LogP contribution >= 0.6 is 22.7 Å². The molecule has 0 amide bonds. The third-order valence-electron chi connectivity index (χ3n) is 3.86. The minimum absolute atomic E-state index is 0.154. The number of rotatable bonds is 9. The Hall–Kier alpha value is -0.590. The smallest absolute Gasteiger partial charge is 0.247 e. The van der Waals surface area contributed by atoms with Gasteiger partial charge >= 0.3 is 0 Å². The number of thiophene rings is 2. The fourth-order valence-electron chi connectivity index (χ4n) is 2.37. The lowest BCUT2D eigenvalue weighted by Crippen LogP contribution is -2.43. The Morgan fingerprint density at radius 1 is 1.12 bits per heavy atom. The number of primary sulfonamides is 1. The van der Waals surface area contributed by atoms with E-state index in [0.717, 1.165) is 14.3 Å². The Balaban J connectivity index is 2.20. The van der Waals surface area contributed by atoms with Crippen LogP contribution in [-0.4, -0.2) is 46.3 Å². The van der Waals surface area contributed by atoms with E-state index < -0.39 is 10.0 Å². The molecule has 7 nitrogen and oxygen atoms in total. The molecule has 0 bridgehead atoms. The van der Waals surface area contributed by atoms with Gasteiger partial charge in [0.2, 0.25) is 10.0 Å². The van der Waals surface area contributed by atoms with Crippen LogP contribution in [0.1, 0.15) is 25.6 Å². The Morgan fingerprint density at radius 3 is 2.32 bits per heavy atom. The van der Waals surface area contributed by atoms with Crippen LogP contribution in [0, 0.1) is 0 Å². The topological polar surface area (TPSA) is 91.1 Å². The second-order valence-electron chi connectivity index (χ2n) is 5.61. The predicted octanol–water partition coefficient (Wildman–Crippen LogP) is 2.76. The normalized spacial score (nSPS) is 16.4. The van der Waals surface area contributed by atoms with Crippen LogP contribution < -0.4 is 5.14 Å². The maximum atomic E-state index is 11.5. The van der Waals surface area contributed by atoms with Gasteiger partial charge in [-0.1, -0.05) is 0 Å². The number of methoxy groups -OCH3 is 2. The number of hydrogen-bond acceptors (Lipinski definition) is 8. The molecule has 3 atom stereocenters. The fraction of sp³-hybridized carbons (Fsp3) is 0.600. The van der Waals surface area contributed by atoms with Crippen LogP contribution in [0.15, 0.2) is 16.3 Å². The van der Waals surface area contributed by atoms with E-state index in [1.54, 1.807) is 31.6 Å². The summed E-state index contributed by atoms with van der Waals surface area (Å²) in [6.45, 7) is 6.35. The first-order valence-corrected chi connectivity index (χ1v) is 10.9. The van der Waals surface area contributed by atoms with Gasteiger partial charge in [-0.25, -0.2) is 18.5 Å². The second-order valence-corrected chi connectivity index (χ2v) is 9.85. The largest absolute Gasteiger partial charge is 0.367 e. The van der Waals surface area contributed by atoms with Gasteiger partial charge in [-0.05, 0) is 32.9 Å². The molecule has 142 valence electrons. The summed E-state index contributed by atoms with van der Waals surface area (Å²) in [5, 5.41) is 6.08. The molecule has 2 rings (SSSR count). The number of sulfonamides is 1. The van der Waals surface area contributed by atoms with Crippen LogP contribution in [0.4, 0.5) is 0 Å². The monoisotopic (exact) mass is 408 g/mol. The molecule has 10 heteroatoms. The first-order chi connectivity index (χ1) is 11.7. The third-order valence-corrected chi connectivity index (χ3v) is 7.65. The lowest BCUT2D eigenvalue weighted by atomic mass is 10.3. The Bertz CT molecular complexity index is 770. The van der Waals surface area contributed by atoms with E-state index in [1.807, 2.05) is 26.8 Å². The molecule has 0 aliphatic carbocycles. The number of nitrogens with two attached hydrogens (primary N) is 1. The van der Waals surface area contributed by atoms with Gasteiger partial charge in [-0.3, -0.25) is 0 Å². The molecule has 0 aliphatic rings. The quantitative estimate of drug-likeness (QED) is 0.642. The predicted molar refractivity (Wildman–Crippen MR) is 100 cm³/mol. The number of fused-ring (bicyclic) bond motifs is 1. The summed E-state index contributed by atoms with van der Waals surface area (Å²) in [5.41, 5.74) is 0. The highest BCUT2D eigenvalue weighted by atomic mass is 32.2. The fourth-order valence-corrected chi connectivity index (χ4v) is 5.76. The molecule has 0 radical (unpaired) electrons. The number of hydrogen-bond donors (Lipinski definition) is 1. The lowest BCUT2D eigenvalue weighted by Gasteiger charge is -2.34. The van der Waals surface area contributed by atoms with Crippen molar-refractivity contribution in [3.63, 3.8) is 0 Å². The first-order valence-electron chi connectivity index (χ1n) is 7.67. The van der Waals surface area contributed by atoms with Crippen molar-refractivity contribution in [3.05, 3.63) is 17.0 Å². The highest BCUT2D eigenvalue weighted by Gasteiger charge is 2.24. The molecule has 0 aliphatic heterocycles. The van der Waals surface area contributed by atoms with E-state index in [9.17, 15) is 8.42 Å². The van der Waals surface area contributed by atoms with E-state index in [2.05, 4.69) is 4.90 Å². The zero-order valence-corrected chi connectivity index (χ0v) is 17.3. The summed E-state index contributed by atoms with van der Waals surface area (Å²) in [6, 6.07) is 3.60. The van der Waals surface area contributed by atoms with Crippen molar-refractivity contribution in [3.8, 4) is 0 Å². The summed E-state index contributed by atoms with van der Waals surface area (Å²) >= 11 is 2.74. The summed E-state index contributed by atoms with van der Waals surface area (Å²) in [7, 11) is -0.413. The minimum atomic E-state index is -3.66. The molecular weight excluding hydrogens is 384 g/mol. The van der Waals surface area contributed by atoms with E-state index in [-0.39, 0.29) is 23.0 Å². The average Bonchev–Trinajstić information content (AvgIpc) is 3.09. The molecule has 2 N–H and O–H groups in total. The Labute approximate surface area is 156 Å². The zero-order valence-electron chi connectivity index (χ0n) is 14.9. The Morgan fingerprint density at radius 2 is 1.80 bits per heavy atom. The third kappa shape index (κ3) is 5.20. The van der Waals surface area contributed by atoms with E-state index >= 15 is 0 Å². The molecule has 2 heterocycles. The van der Waals surface area contributed by atoms with E-state index in [1.165, 1.54) is 11.3 Å². The van der Waals surface area contributed by atoms with Crippen LogP contribution in [0.5, 0.6) is 0 Å². The van der Waals surface area contributed by atoms with Gasteiger partial charge in [0.05, 0.1) is 4.01 Å². The SMILES string of the molecule is COC(C)OC(C)N(Cc1cc2cc(S(N)(=O)=O)sc2s1)C(C)OC. The van der Waals surface area contributed by atoms with Crippen molar-refractivity contribution in [2.45, 2.75) is 50.3 Å². The summed E-state index contributed by atoms with van der Waals surface area (Å²) < 4.78 is 40.5. The van der Waals surface area contributed by atoms with E-state index in [4.69, 9.17) is 19.3 Å². The highest BCUT2D eigenvalue weighted by Crippen LogP contribution is 2.36. The summed E-state index contributed by atoms with van der Waals surface area (Å²) in [5.74, 6) is 0. The molecule has 0 saturated carbocycles. The van der Waals surface area contributed by atoms with Gasteiger partial charge in [-0.15, -0.1) is 22.7 Å². The van der Waals surface area contributed by atoms with Gasteiger partial charge in [0.1, 0.15) is 16.7 Å². The number of nitrogens with zero attached hydrogens (tertiary/aromatic N) is 1. The average molecular weight is 409 g/mol. The van der Waals surface area contributed by atoms with Crippen LogP contribution in [-0.2, 0) is 30.8 Å². The molecular formula is C15H24N2O5S3. The van der Waals surface area contributed by atoms with Crippen molar-refractivity contribution in [2.75, 3.05) is 14.2 Å². The van der Waals surface area contributed by atoms with Gasteiger partial charge in [-0.2, -0.15) is 0 Å². The van der Waals surface area contributed by atoms with Crippen molar-refractivity contribution in [1.82, 2.24) is 4.90 Å². The van der Waals surface area contributed by atoms with Gasteiger partial charge < -0.3 is 14.2 Å². The molecule has 2 aromatic rings. The first kappa shape index (κ1) is 20.7. The second kappa shape index (κ2) is 8.40. The molecule has 0 saturated heterocycles. The van der Waals surface area contributed by atoms with Crippen molar-refractivity contribution in [1.29, 1.82) is 0 Å². The van der Waals surface area contributed by atoms with Gasteiger partial charge in [0.15, 0.2) is 6.29 Å². The summed E-state index contributed by atoms with van der Waals surface area (Å²) in [4.78, 5) is 3.15. The van der Waals surface area contributed by atoms with E-state index in [0.29, 0.717) is 6.54 Å². The number of ether oxygens (including phenoxy) is 3. The highest BCUT2D eigenvalue weighted by molar-refractivity contribution is 7.91. The minimum Gasteiger partial charge on any atom is -0.367 e. The standard InChI is InChI=1S/C15H24N2O5S3/c1-9(20-4)17(10(2)22-11(3)21-5)8-13-6-12-7-14(25(16,18)19)24-15(12)23-13/h6-7,9-11H,8H2,1-5H3,(H2,16,18,19). The van der Waals surface area contributed by atoms with Crippen LogP contribution in [0.2, 0.25) is 0 Å². The molecule has 2 aromatic heterocycles. The lowest BCUT2D eigenvalue weighted by molar-refractivity contribution is -0.210. The molecule has 25 heavy (non-hydrogen) atoms.